The quantitative estimate of drug-likeness (QED) is 0.262. The van der Waals surface area contributed by atoms with Gasteiger partial charge in [-0.15, -0.1) is 0 Å². The summed E-state index contributed by atoms with van der Waals surface area (Å²) in [6, 6.07) is 14.3. The molecule has 6 rings (SSSR count). The zero-order chi connectivity index (χ0) is 29.9. The van der Waals surface area contributed by atoms with Crippen LogP contribution in [0.1, 0.15) is 11.5 Å². The van der Waals surface area contributed by atoms with Crippen molar-refractivity contribution in [2.24, 2.45) is 5.73 Å². The monoisotopic (exact) mass is 585 g/mol. The lowest BCUT2D eigenvalue weighted by Gasteiger charge is -2.27. The Morgan fingerprint density at radius 1 is 0.977 bits per heavy atom. The number of pyridine rings is 1. The fourth-order valence-corrected chi connectivity index (χ4v) is 4.78. The molecule has 1 aliphatic rings. The highest BCUT2D eigenvalue weighted by atomic mass is 19.1. The smallest absolute Gasteiger partial charge is 0.247 e. The predicted molar refractivity (Wildman–Crippen MR) is 153 cm³/mol. The first kappa shape index (κ1) is 27.7. The lowest BCUT2D eigenvalue weighted by molar-refractivity contribution is -0.127. The minimum atomic E-state index is -1.50. The van der Waals surface area contributed by atoms with Gasteiger partial charge in [0.25, 0.3) is 0 Å². The van der Waals surface area contributed by atoms with Crippen LogP contribution in [0.2, 0.25) is 0 Å². The minimum absolute atomic E-state index is 0.0172. The topological polar surface area (TPSA) is 137 Å². The Morgan fingerprint density at radius 3 is 2.51 bits per heavy atom. The van der Waals surface area contributed by atoms with Gasteiger partial charge in [0.1, 0.15) is 29.4 Å². The molecule has 0 radical (unpaired) electrons. The average Bonchev–Trinajstić information content (AvgIpc) is 3.46. The molecule has 2 aromatic carbocycles. The zero-order valence-corrected chi connectivity index (χ0v) is 22.6. The van der Waals surface area contributed by atoms with Crippen LogP contribution in [0.25, 0.3) is 16.6 Å². The summed E-state index contributed by atoms with van der Waals surface area (Å²) in [5.74, 6) is -3.88. The highest BCUT2D eigenvalue weighted by molar-refractivity contribution is 6.10. The highest BCUT2D eigenvalue weighted by Gasteiger charge is 2.28. The van der Waals surface area contributed by atoms with Gasteiger partial charge >= 0.3 is 0 Å². The molecule has 13 heteroatoms. The van der Waals surface area contributed by atoms with Crippen LogP contribution in [0.15, 0.2) is 79.4 Å². The Balaban J connectivity index is 1.24. The van der Waals surface area contributed by atoms with Crippen molar-refractivity contribution >= 4 is 28.8 Å². The number of anilines is 2. The lowest BCUT2D eigenvalue weighted by atomic mass is 9.97. The van der Waals surface area contributed by atoms with E-state index < -0.39 is 29.4 Å². The van der Waals surface area contributed by atoms with Crippen LogP contribution in [0.5, 0.6) is 11.6 Å². The third-order valence-corrected chi connectivity index (χ3v) is 6.94. The molecule has 4 heterocycles. The van der Waals surface area contributed by atoms with Gasteiger partial charge in [-0.1, -0.05) is 6.07 Å². The van der Waals surface area contributed by atoms with E-state index in [9.17, 15) is 14.0 Å². The molecule has 11 nitrogen and oxygen atoms in total. The highest BCUT2D eigenvalue weighted by Crippen LogP contribution is 2.32. The van der Waals surface area contributed by atoms with Gasteiger partial charge in [-0.25, -0.2) is 18.3 Å². The number of hydrogen-bond donors (Lipinski definition) is 2. The van der Waals surface area contributed by atoms with Gasteiger partial charge < -0.3 is 25.4 Å². The Labute approximate surface area is 243 Å². The molecule has 0 bridgehead atoms. The van der Waals surface area contributed by atoms with Crippen molar-refractivity contribution in [1.29, 1.82) is 0 Å². The number of halogens is 2. The van der Waals surface area contributed by atoms with Crippen molar-refractivity contribution in [3.63, 3.8) is 0 Å². The summed E-state index contributed by atoms with van der Waals surface area (Å²) in [6.45, 7) is 2.78. The molecule has 0 aliphatic carbocycles. The molecule has 0 saturated carbocycles. The number of morpholine rings is 1. The largest absolute Gasteiger partial charge is 0.434 e. The van der Waals surface area contributed by atoms with Crippen LogP contribution in [0, 0.1) is 11.6 Å². The van der Waals surface area contributed by atoms with E-state index in [1.807, 2.05) is 18.2 Å². The van der Waals surface area contributed by atoms with E-state index in [0.29, 0.717) is 18.7 Å². The number of aromatic nitrogens is 4. The van der Waals surface area contributed by atoms with Gasteiger partial charge in [-0.3, -0.25) is 9.59 Å². The summed E-state index contributed by atoms with van der Waals surface area (Å²) >= 11 is 0. The number of nitrogens with two attached hydrogens (primary N) is 1. The van der Waals surface area contributed by atoms with Gasteiger partial charge in [0.05, 0.1) is 13.2 Å². The van der Waals surface area contributed by atoms with Crippen LogP contribution in [0.3, 0.4) is 0 Å². The number of carbonyl (C=O) groups is 2. The van der Waals surface area contributed by atoms with Crippen LogP contribution in [0.4, 0.5) is 20.3 Å². The number of fused-ring (bicyclic) bond motifs is 1. The van der Waals surface area contributed by atoms with Crippen molar-refractivity contribution in [2.75, 3.05) is 36.5 Å². The van der Waals surface area contributed by atoms with E-state index in [4.69, 9.17) is 15.2 Å². The fraction of sp³-hybridized carbons (Fsp3) is 0.167. The van der Waals surface area contributed by atoms with Gasteiger partial charge in [0.2, 0.25) is 17.7 Å². The number of primary amides is 1. The van der Waals surface area contributed by atoms with E-state index in [0.717, 1.165) is 48.2 Å². The second-order valence-corrected chi connectivity index (χ2v) is 9.75. The summed E-state index contributed by atoms with van der Waals surface area (Å²) < 4.78 is 41.3. The summed E-state index contributed by atoms with van der Waals surface area (Å²) in [5, 5.41) is 6.74. The summed E-state index contributed by atoms with van der Waals surface area (Å²) in [6.07, 6.45) is 4.83. The van der Waals surface area contributed by atoms with Crippen molar-refractivity contribution in [3.8, 4) is 22.8 Å². The molecule has 5 aromatic rings. The van der Waals surface area contributed by atoms with Gasteiger partial charge in [-0.05, 0) is 65.7 Å². The second-order valence-electron chi connectivity index (χ2n) is 9.75. The second kappa shape index (κ2) is 11.8. The summed E-state index contributed by atoms with van der Waals surface area (Å²) in [5.41, 5.74) is 7.96. The summed E-state index contributed by atoms with van der Waals surface area (Å²) in [4.78, 5) is 35.8. The molecule has 1 unspecified atom stereocenters. The van der Waals surface area contributed by atoms with Crippen molar-refractivity contribution in [3.05, 3.63) is 96.6 Å². The number of nitrogens with one attached hydrogen (secondary N) is 1. The van der Waals surface area contributed by atoms with Crippen molar-refractivity contribution < 1.29 is 27.8 Å². The number of hydrogen-bond acceptors (Lipinski definition) is 8. The molecular weight excluding hydrogens is 560 g/mol. The minimum Gasteiger partial charge on any atom is -0.434 e. The van der Waals surface area contributed by atoms with E-state index in [1.165, 1.54) is 30.6 Å². The molecule has 1 atom stereocenters. The first-order valence-electron chi connectivity index (χ1n) is 13.3. The first-order chi connectivity index (χ1) is 20.9. The van der Waals surface area contributed by atoms with Crippen LogP contribution < -0.4 is 20.7 Å². The number of benzene rings is 2. The van der Waals surface area contributed by atoms with Crippen LogP contribution in [-0.2, 0) is 14.3 Å². The maximum Gasteiger partial charge on any atom is 0.247 e. The molecule has 3 N–H and O–H groups in total. The van der Waals surface area contributed by atoms with Gasteiger partial charge in [-0.2, -0.15) is 10.1 Å². The number of ether oxygens (including phenoxy) is 2. The Morgan fingerprint density at radius 2 is 1.77 bits per heavy atom. The lowest BCUT2D eigenvalue weighted by Crippen LogP contribution is -2.36. The van der Waals surface area contributed by atoms with Crippen LogP contribution >= 0.6 is 0 Å². The van der Waals surface area contributed by atoms with E-state index in [2.05, 4.69) is 25.3 Å². The maximum atomic E-state index is 15.3. The maximum absolute atomic E-state index is 15.3. The van der Waals surface area contributed by atoms with E-state index in [-0.39, 0.29) is 22.9 Å². The molecule has 1 saturated heterocycles. The number of rotatable bonds is 8. The third kappa shape index (κ3) is 5.97. The molecule has 1 aliphatic heterocycles. The molecule has 43 heavy (non-hydrogen) atoms. The molecule has 0 spiro atoms. The Kier molecular flexibility index (Phi) is 7.62. The number of carbonyl (C=O) groups excluding carboxylic acids is 2. The zero-order valence-electron chi connectivity index (χ0n) is 22.6. The predicted octanol–water partition coefficient (Wildman–Crippen LogP) is 3.91. The fourth-order valence-electron chi connectivity index (χ4n) is 4.78. The van der Waals surface area contributed by atoms with Crippen molar-refractivity contribution in [1.82, 2.24) is 19.6 Å². The van der Waals surface area contributed by atoms with Gasteiger partial charge in [0, 0.05) is 36.7 Å². The molecule has 2 amide bonds. The van der Waals surface area contributed by atoms with Crippen molar-refractivity contribution in [2.45, 2.75) is 5.92 Å². The number of amides is 2. The third-order valence-electron chi connectivity index (χ3n) is 6.94. The average molecular weight is 586 g/mol. The SMILES string of the molecule is NC(=O)C(C(=O)Nc1ccc(F)cc1)c1ccc(Oc2ncnn3cc(-c4ccnc(N5CCOCC5)c4)cc23)c(F)c1. The molecule has 1 fully saturated rings. The Hall–Kier alpha value is -5.43. The first-order valence-corrected chi connectivity index (χ1v) is 13.3. The molecule has 218 valence electrons. The molecule has 3 aromatic heterocycles. The van der Waals surface area contributed by atoms with Crippen LogP contribution in [-0.4, -0.2) is 57.7 Å². The molecular formula is C30H25F2N7O4. The van der Waals surface area contributed by atoms with E-state index >= 15 is 4.39 Å². The standard InChI is InChI=1S/C30H25F2N7O4/c31-21-2-4-22(5-3-21)37-29(41)27(28(33)40)19-1-6-25(23(32)13-19)43-30-24-14-20(16-39(24)36-17-35-30)18-7-8-34-26(15-18)38-9-11-42-12-10-38/h1-8,13-17,27H,9-12H2,(H2,33,40)(H,37,41). The number of nitrogens with zero attached hydrogens (tertiary/aromatic N) is 5. The van der Waals surface area contributed by atoms with E-state index in [1.54, 1.807) is 16.9 Å². The van der Waals surface area contributed by atoms with Gasteiger partial charge in [0.15, 0.2) is 11.6 Å². The Bertz CT molecular complexity index is 1810. The summed E-state index contributed by atoms with van der Waals surface area (Å²) in [7, 11) is 0. The normalized spacial score (nSPS) is 14.0.